The summed E-state index contributed by atoms with van der Waals surface area (Å²) in [6.07, 6.45) is 9.62. The van der Waals surface area contributed by atoms with Gasteiger partial charge in [-0.25, -0.2) is 9.97 Å². The van der Waals surface area contributed by atoms with Gasteiger partial charge in [-0.15, -0.1) is 11.3 Å². The standard InChI is InChI=1S/C21H30N4OS/c1-13-9-7-8-12-25(13)19-17-14(2)18(27-21(17)23-15(3)22-19)20(26)24-16-10-5-4-6-11-16/h13,16H,4-12H2,1-3H3,(H,24,26). The minimum atomic E-state index is 0.0673. The zero-order valence-electron chi connectivity index (χ0n) is 16.7. The zero-order chi connectivity index (χ0) is 19.0. The number of thiophene rings is 1. The minimum absolute atomic E-state index is 0.0673. The lowest BCUT2D eigenvalue weighted by atomic mass is 9.95. The average molecular weight is 387 g/mol. The Morgan fingerprint density at radius 3 is 2.56 bits per heavy atom. The number of nitrogens with one attached hydrogen (secondary N) is 1. The van der Waals surface area contributed by atoms with E-state index in [9.17, 15) is 4.79 Å². The molecule has 3 heterocycles. The van der Waals surface area contributed by atoms with Gasteiger partial charge in [0, 0.05) is 18.6 Å². The molecule has 1 saturated carbocycles. The SMILES string of the molecule is Cc1nc(N2CCCCC2C)c2c(C)c(C(=O)NC3CCCCC3)sc2n1. The molecule has 1 amide bonds. The lowest BCUT2D eigenvalue weighted by Gasteiger charge is -2.35. The first-order valence-corrected chi connectivity index (χ1v) is 11.2. The Labute approximate surface area is 165 Å². The molecule has 1 N–H and O–H groups in total. The van der Waals surface area contributed by atoms with Gasteiger partial charge >= 0.3 is 0 Å². The van der Waals surface area contributed by atoms with Crippen molar-refractivity contribution >= 4 is 33.3 Å². The van der Waals surface area contributed by atoms with Gasteiger partial charge in [0.05, 0.1) is 10.3 Å². The molecule has 0 aromatic carbocycles. The predicted molar refractivity (Wildman–Crippen MR) is 112 cm³/mol. The van der Waals surface area contributed by atoms with E-state index in [0.29, 0.717) is 12.1 Å². The van der Waals surface area contributed by atoms with Crippen molar-refractivity contribution in [2.45, 2.75) is 84.2 Å². The van der Waals surface area contributed by atoms with Crippen molar-refractivity contribution in [2.75, 3.05) is 11.4 Å². The third kappa shape index (κ3) is 3.68. The highest BCUT2D eigenvalue weighted by Gasteiger charge is 2.27. The molecule has 4 rings (SSSR count). The van der Waals surface area contributed by atoms with Gasteiger partial charge < -0.3 is 10.2 Å². The van der Waals surface area contributed by atoms with Crippen LogP contribution >= 0.6 is 11.3 Å². The zero-order valence-corrected chi connectivity index (χ0v) is 17.5. The third-order valence-electron chi connectivity index (χ3n) is 6.10. The molecule has 5 nitrogen and oxygen atoms in total. The van der Waals surface area contributed by atoms with Crippen molar-refractivity contribution in [1.82, 2.24) is 15.3 Å². The number of aryl methyl sites for hydroxylation is 2. The van der Waals surface area contributed by atoms with E-state index < -0.39 is 0 Å². The van der Waals surface area contributed by atoms with Crippen LogP contribution in [0.15, 0.2) is 0 Å². The van der Waals surface area contributed by atoms with Gasteiger partial charge in [-0.1, -0.05) is 19.3 Å². The van der Waals surface area contributed by atoms with Gasteiger partial charge in [0.1, 0.15) is 16.5 Å². The number of nitrogens with zero attached hydrogens (tertiary/aromatic N) is 3. The van der Waals surface area contributed by atoms with Crippen LogP contribution in [0.25, 0.3) is 10.2 Å². The lowest BCUT2D eigenvalue weighted by molar-refractivity contribution is 0.0931. The number of hydrogen-bond acceptors (Lipinski definition) is 5. The van der Waals surface area contributed by atoms with E-state index in [4.69, 9.17) is 4.98 Å². The molecule has 1 aliphatic heterocycles. The largest absolute Gasteiger partial charge is 0.353 e. The van der Waals surface area contributed by atoms with Crippen LogP contribution in [0.2, 0.25) is 0 Å². The molecule has 2 aromatic heterocycles. The number of carbonyl (C=O) groups excluding carboxylic acids is 1. The lowest BCUT2D eigenvalue weighted by Crippen LogP contribution is -2.38. The molecule has 2 fully saturated rings. The number of piperidine rings is 1. The average Bonchev–Trinajstić information content (AvgIpc) is 2.99. The molecule has 2 aromatic rings. The summed E-state index contributed by atoms with van der Waals surface area (Å²) in [5, 5.41) is 4.35. The van der Waals surface area contributed by atoms with E-state index in [2.05, 4.69) is 29.0 Å². The van der Waals surface area contributed by atoms with Gasteiger partial charge in [0.25, 0.3) is 5.91 Å². The molecule has 2 aliphatic rings. The fourth-order valence-corrected chi connectivity index (χ4v) is 5.68. The van der Waals surface area contributed by atoms with E-state index >= 15 is 0 Å². The molecule has 1 saturated heterocycles. The summed E-state index contributed by atoms with van der Waals surface area (Å²) in [5.41, 5.74) is 1.04. The van der Waals surface area contributed by atoms with Crippen molar-refractivity contribution in [3.8, 4) is 0 Å². The van der Waals surface area contributed by atoms with Crippen molar-refractivity contribution in [3.63, 3.8) is 0 Å². The number of hydrogen-bond donors (Lipinski definition) is 1. The molecule has 0 radical (unpaired) electrons. The van der Waals surface area contributed by atoms with Crippen LogP contribution in [0.4, 0.5) is 5.82 Å². The Kier molecular flexibility index (Phi) is 5.35. The van der Waals surface area contributed by atoms with Crippen molar-refractivity contribution in [1.29, 1.82) is 0 Å². The molecule has 0 bridgehead atoms. The topological polar surface area (TPSA) is 58.1 Å². The van der Waals surface area contributed by atoms with Gasteiger partial charge in [0.15, 0.2) is 0 Å². The number of aromatic nitrogens is 2. The monoisotopic (exact) mass is 386 g/mol. The summed E-state index contributed by atoms with van der Waals surface area (Å²) >= 11 is 1.52. The van der Waals surface area contributed by atoms with Gasteiger partial charge in [0.2, 0.25) is 0 Å². The summed E-state index contributed by atoms with van der Waals surface area (Å²) < 4.78 is 0. The van der Waals surface area contributed by atoms with Crippen LogP contribution in [-0.2, 0) is 0 Å². The van der Waals surface area contributed by atoms with Crippen molar-refractivity contribution < 1.29 is 4.79 Å². The number of rotatable bonds is 3. The normalized spacial score (nSPS) is 21.6. The Bertz CT molecular complexity index is 840. The van der Waals surface area contributed by atoms with E-state index in [1.807, 2.05) is 6.92 Å². The summed E-state index contributed by atoms with van der Waals surface area (Å²) in [6, 6.07) is 0.806. The van der Waals surface area contributed by atoms with Crippen LogP contribution < -0.4 is 10.2 Å². The second-order valence-electron chi connectivity index (χ2n) is 8.18. The molecule has 0 spiro atoms. The summed E-state index contributed by atoms with van der Waals surface area (Å²) in [7, 11) is 0. The molecule has 27 heavy (non-hydrogen) atoms. The molecule has 146 valence electrons. The highest BCUT2D eigenvalue weighted by molar-refractivity contribution is 7.20. The summed E-state index contributed by atoms with van der Waals surface area (Å²) in [4.78, 5) is 26.6. The first-order valence-electron chi connectivity index (χ1n) is 10.4. The number of carbonyl (C=O) groups is 1. The fourth-order valence-electron chi connectivity index (χ4n) is 4.56. The highest BCUT2D eigenvalue weighted by Crippen LogP contribution is 2.37. The van der Waals surface area contributed by atoms with Gasteiger partial charge in [-0.3, -0.25) is 4.79 Å². The van der Waals surface area contributed by atoms with Crippen LogP contribution in [0.1, 0.15) is 79.3 Å². The summed E-state index contributed by atoms with van der Waals surface area (Å²) in [6.45, 7) is 7.33. The molecule has 1 atom stereocenters. The number of fused-ring (bicyclic) bond motifs is 1. The Balaban J connectivity index is 1.70. The van der Waals surface area contributed by atoms with E-state index in [-0.39, 0.29) is 5.91 Å². The maximum absolute atomic E-state index is 13.0. The third-order valence-corrected chi connectivity index (χ3v) is 7.29. The predicted octanol–water partition coefficient (Wildman–Crippen LogP) is 4.75. The summed E-state index contributed by atoms with van der Waals surface area (Å²) in [5.74, 6) is 1.88. The molecular formula is C21H30N4OS. The van der Waals surface area contributed by atoms with E-state index in [0.717, 1.165) is 51.7 Å². The van der Waals surface area contributed by atoms with Gasteiger partial charge in [-0.05, 0) is 58.4 Å². The minimum Gasteiger partial charge on any atom is -0.353 e. The first-order chi connectivity index (χ1) is 13.0. The van der Waals surface area contributed by atoms with E-state index in [1.165, 1.54) is 49.9 Å². The van der Waals surface area contributed by atoms with Crippen molar-refractivity contribution in [2.24, 2.45) is 0 Å². The molecule has 6 heteroatoms. The quantitative estimate of drug-likeness (QED) is 0.827. The maximum atomic E-state index is 13.0. The number of amides is 1. The van der Waals surface area contributed by atoms with Crippen LogP contribution in [0.5, 0.6) is 0 Å². The molecule has 1 aliphatic carbocycles. The highest BCUT2D eigenvalue weighted by atomic mass is 32.1. The maximum Gasteiger partial charge on any atom is 0.261 e. The van der Waals surface area contributed by atoms with Crippen molar-refractivity contribution in [3.05, 3.63) is 16.3 Å². The van der Waals surface area contributed by atoms with Crippen LogP contribution in [0, 0.1) is 13.8 Å². The van der Waals surface area contributed by atoms with E-state index in [1.54, 1.807) is 0 Å². The van der Waals surface area contributed by atoms with Gasteiger partial charge in [-0.2, -0.15) is 0 Å². The smallest absolute Gasteiger partial charge is 0.261 e. The first kappa shape index (κ1) is 18.7. The van der Waals surface area contributed by atoms with Crippen LogP contribution in [0.3, 0.4) is 0 Å². The van der Waals surface area contributed by atoms with Crippen LogP contribution in [-0.4, -0.2) is 34.5 Å². The molecular weight excluding hydrogens is 356 g/mol. The Hall–Kier alpha value is -1.69. The Morgan fingerprint density at radius 2 is 1.81 bits per heavy atom. The Morgan fingerprint density at radius 1 is 1.07 bits per heavy atom. The second-order valence-corrected chi connectivity index (χ2v) is 9.18. The second kappa shape index (κ2) is 7.74. The fraction of sp³-hybridized carbons (Fsp3) is 0.667. The molecule has 1 unspecified atom stereocenters. The number of anilines is 1.